The number of alkyl halides is 6. The SMILES string of the molecule is NC(C(=O)O)(C(F)(F)F)C(F)(F)F. The van der Waals surface area contributed by atoms with Crippen LogP contribution in [0.5, 0.6) is 0 Å². The van der Waals surface area contributed by atoms with Gasteiger partial charge in [-0.25, -0.2) is 4.79 Å². The highest BCUT2D eigenvalue weighted by Crippen LogP contribution is 2.41. The lowest BCUT2D eigenvalue weighted by molar-refractivity contribution is -0.290. The van der Waals surface area contributed by atoms with Crippen LogP contribution in [-0.2, 0) is 4.79 Å². The molecule has 0 unspecified atom stereocenters. The summed E-state index contributed by atoms with van der Waals surface area (Å²) in [6.07, 6.45) is -12.2. The van der Waals surface area contributed by atoms with Crippen LogP contribution in [0.3, 0.4) is 0 Å². The van der Waals surface area contributed by atoms with Crippen molar-refractivity contribution in [2.24, 2.45) is 5.73 Å². The Morgan fingerprint density at radius 1 is 1.00 bits per heavy atom. The van der Waals surface area contributed by atoms with E-state index in [1.807, 2.05) is 0 Å². The second-order valence-electron chi connectivity index (χ2n) is 2.11. The highest BCUT2D eigenvalue weighted by Gasteiger charge is 2.74. The van der Waals surface area contributed by atoms with Crippen LogP contribution >= 0.6 is 0 Å². The van der Waals surface area contributed by atoms with Gasteiger partial charge in [0.1, 0.15) is 0 Å². The van der Waals surface area contributed by atoms with Crippen molar-refractivity contribution in [3.63, 3.8) is 0 Å². The van der Waals surface area contributed by atoms with Crippen molar-refractivity contribution in [3.05, 3.63) is 0 Å². The summed E-state index contributed by atoms with van der Waals surface area (Å²) in [5.41, 5.74) is -1.46. The van der Waals surface area contributed by atoms with Crippen LogP contribution in [0.25, 0.3) is 0 Å². The van der Waals surface area contributed by atoms with E-state index in [4.69, 9.17) is 5.11 Å². The van der Waals surface area contributed by atoms with Crippen LogP contribution < -0.4 is 5.73 Å². The van der Waals surface area contributed by atoms with Gasteiger partial charge in [-0.15, -0.1) is 0 Å². The zero-order valence-corrected chi connectivity index (χ0v) is 5.70. The van der Waals surface area contributed by atoms with Gasteiger partial charge in [-0.05, 0) is 0 Å². The summed E-state index contributed by atoms with van der Waals surface area (Å²) in [6, 6.07) is 0. The van der Waals surface area contributed by atoms with Crippen molar-refractivity contribution < 1.29 is 36.2 Å². The van der Waals surface area contributed by atoms with Gasteiger partial charge >= 0.3 is 23.9 Å². The Kier molecular flexibility index (Phi) is 2.55. The highest BCUT2D eigenvalue weighted by molar-refractivity contribution is 5.80. The fourth-order valence-corrected chi connectivity index (χ4v) is 0.403. The summed E-state index contributed by atoms with van der Waals surface area (Å²) in [5.74, 6) is -3.19. The molecule has 0 atom stereocenters. The average molecular weight is 211 g/mol. The largest absolute Gasteiger partial charge is 0.479 e. The highest BCUT2D eigenvalue weighted by atomic mass is 19.4. The molecule has 0 aliphatic heterocycles. The Morgan fingerprint density at radius 3 is 1.23 bits per heavy atom. The van der Waals surface area contributed by atoms with E-state index in [0.717, 1.165) is 0 Å². The number of carbonyl (C=O) groups is 1. The number of hydrogen-bond donors (Lipinski definition) is 2. The first-order valence-corrected chi connectivity index (χ1v) is 2.60. The lowest BCUT2D eigenvalue weighted by atomic mass is 10.0. The van der Waals surface area contributed by atoms with Crippen LogP contribution in [0.1, 0.15) is 0 Å². The zero-order chi connectivity index (χ0) is 11.1. The minimum absolute atomic E-state index is 3.19. The molecule has 0 fully saturated rings. The van der Waals surface area contributed by atoms with Gasteiger partial charge in [0, 0.05) is 0 Å². The van der Waals surface area contributed by atoms with Crippen molar-refractivity contribution in [2.75, 3.05) is 0 Å². The normalized spacial score (nSPS) is 14.4. The minimum atomic E-state index is -6.09. The van der Waals surface area contributed by atoms with E-state index < -0.39 is 23.9 Å². The zero-order valence-electron chi connectivity index (χ0n) is 5.70. The topological polar surface area (TPSA) is 63.3 Å². The van der Waals surface area contributed by atoms with E-state index in [1.54, 1.807) is 0 Å². The third-order valence-electron chi connectivity index (χ3n) is 1.23. The van der Waals surface area contributed by atoms with E-state index in [1.165, 1.54) is 0 Å². The van der Waals surface area contributed by atoms with Crippen molar-refractivity contribution in [1.82, 2.24) is 0 Å². The predicted molar refractivity (Wildman–Crippen MR) is 26.7 cm³/mol. The molecule has 78 valence electrons. The van der Waals surface area contributed by atoms with Gasteiger partial charge in [-0.1, -0.05) is 0 Å². The molecule has 0 aromatic heterocycles. The number of carboxylic acids is 1. The van der Waals surface area contributed by atoms with Gasteiger partial charge in [0.05, 0.1) is 0 Å². The van der Waals surface area contributed by atoms with Gasteiger partial charge in [-0.2, -0.15) is 26.3 Å². The molecule has 3 N–H and O–H groups in total. The molecule has 0 saturated carbocycles. The van der Waals surface area contributed by atoms with E-state index in [9.17, 15) is 31.1 Å². The third kappa shape index (κ3) is 1.69. The molecule has 0 radical (unpaired) electrons. The molecule has 9 heteroatoms. The Labute approximate surface area is 67.1 Å². The lowest BCUT2D eigenvalue weighted by Crippen LogP contribution is -2.68. The first-order valence-electron chi connectivity index (χ1n) is 2.60. The maximum Gasteiger partial charge on any atom is 0.426 e. The average Bonchev–Trinajstić information content (AvgIpc) is 1.80. The van der Waals surface area contributed by atoms with Gasteiger partial charge in [0.15, 0.2) is 0 Å². The quantitative estimate of drug-likeness (QED) is 0.633. The third-order valence-corrected chi connectivity index (χ3v) is 1.23. The molecule has 0 rings (SSSR count). The number of halogens is 6. The molecular formula is C4H3F6NO2. The molecular weight excluding hydrogens is 208 g/mol. The summed E-state index contributed by atoms with van der Waals surface area (Å²) < 4.78 is 69.8. The monoisotopic (exact) mass is 211 g/mol. The lowest BCUT2D eigenvalue weighted by Gasteiger charge is -2.28. The fraction of sp³-hybridized carbons (Fsp3) is 0.750. The molecule has 0 amide bonds. The van der Waals surface area contributed by atoms with Crippen LogP contribution in [0.15, 0.2) is 0 Å². The number of aliphatic carboxylic acids is 1. The molecule has 13 heavy (non-hydrogen) atoms. The minimum Gasteiger partial charge on any atom is -0.479 e. The van der Waals surface area contributed by atoms with Crippen molar-refractivity contribution in [1.29, 1.82) is 0 Å². The summed E-state index contributed by atoms with van der Waals surface area (Å²) in [6.45, 7) is 0. The maximum absolute atomic E-state index is 11.6. The molecule has 0 heterocycles. The number of rotatable bonds is 1. The molecule has 0 saturated heterocycles. The summed E-state index contributed by atoms with van der Waals surface area (Å²) >= 11 is 0. The number of carboxylic acid groups (broad SMARTS) is 1. The van der Waals surface area contributed by atoms with Gasteiger partial charge < -0.3 is 10.8 Å². The van der Waals surface area contributed by atoms with Crippen LogP contribution in [0, 0.1) is 0 Å². The smallest absolute Gasteiger partial charge is 0.426 e. The first kappa shape index (κ1) is 12.0. The summed E-state index contributed by atoms with van der Waals surface area (Å²) in [7, 11) is 0. The number of hydrogen-bond acceptors (Lipinski definition) is 2. The Morgan fingerprint density at radius 2 is 1.23 bits per heavy atom. The fourth-order valence-electron chi connectivity index (χ4n) is 0.403. The second-order valence-corrected chi connectivity index (χ2v) is 2.11. The molecule has 0 aromatic rings. The Bertz CT molecular complexity index is 204. The summed E-state index contributed by atoms with van der Waals surface area (Å²) in [4.78, 5) is 9.75. The van der Waals surface area contributed by atoms with Crippen LogP contribution in [0.2, 0.25) is 0 Å². The number of nitrogens with two attached hydrogens (primary N) is 1. The van der Waals surface area contributed by atoms with Crippen LogP contribution in [0.4, 0.5) is 26.3 Å². The maximum atomic E-state index is 11.6. The van der Waals surface area contributed by atoms with Crippen LogP contribution in [-0.4, -0.2) is 29.0 Å². The molecule has 0 aliphatic carbocycles. The molecule has 0 aliphatic rings. The molecule has 3 nitrogen and oxygen atoms in total. The van der Waals surface area contributed by atoms with E-state index in [-0.39, 0.29) is 0 Å². The van der Waals surface area contributed by atoms with Gasteiger partial charge in [0.2, 0.25) is 0 Å². The molecule has 0 aromatic carbocycles. The van der Waals surface area contributed by atoms with Crippen molar-refractivity contribution in [2.45, 2.75) is 17.9 Å². The van der Waals surface area contributed by atoms with E-state index >= 15 is 0 Å². The standard InChI is InChI=1S/C4H3F6NO2/c5-3(6,7)2(11,1(12)13)4(8,9)10/h11H2,(H,12,13). The van der Waals surface area contributed by atoms with Crippen molar-refractivity contribution in [3.8, 4) is 0 Å². The first-order chi connectivity index (χ1) is 5.44. The van der Waals surface area contributed by atoms with E-state index in [2.05, 4.69) is 5.73 Å². The van der Waals surface area contributed by atoms with E-state index in [0.29, 0.717) is 0 Å². The Balaban J connectivity index is 5.35. The predicted octanol–water partition coefficient (Wildman–Crippen LogP) is 0.893. The Hall–Kier alpha value is -0.990. The molecule has 0 bridgehead atoms. The van der Waals surface area contributed by atoms with Crippen molar-refractivity contribution >= 4 is 5.97 Å². The second kappa shape index (κ2) is 2.76. The summed E-state index contributed by atoms with van der Waals surface area (Å²) in [5, 5.41) is 7.74. The molecule has 0 spiro atoms. The van der Waals surface area contributed by atoms with Gasteiger partial charge in [-0.3, -0.25) is 0 Å². The van der Waals surface area contributed by atoms with Gasteiger partial charge in [0.25, 0.3) is 0 Å².